The third-order valence-electron chi connectivity index (χ3n) is 3.19. The molecule has 0 fully saturated rings. The Bertz CT molecular complexity index is 588. The summed E-state index contributed by atoms with van der Waals surface area (Å²) >= 11 is 0. The van der Waals surface area contributed by atoms with E-state index in [0.717, 1.165) is 11.3 Å². The number of nitrogens with zero attached hydrogens (tertiary/aromatic N) is 2. The van der Waals surface area contributed by atoms with E-state index in [2.05, 4.69) is 6.07 Å². The van der Waals surface area contributed by atoms with Crippen LogP contribution >= 0.6 is 0 Å². The Kier molecular flexibility index (Phi) is 4.83. The van der Waals surface area contributed by atoms with Crippen molar-refractivity contribution >= 4 is 12.0 Å². The number of carbonyl (C=O) groups excluding carboxylic acids is 1. The molecule has 1 heterocycles. The Morgan fingerprint density at radius 1 is 1.43 bits per heavy atom. The molecule has 1 aliphatic rings. The number of rotatable bonds is 5. The van der Waals surface area contributed by atoms with Gasteiger partial charge in [-0.15, -0.1) is 0 Å². The Labute approximate surface area is 124 Å². The van der Waals surface area contributed by atoms with Crippen molar-refractivity contribution in [3.05, 3.63) is 29.8 Å². The van der Waals surface area contributed by atoms with E-state index < -0.39 is 0 Å². The van der Waals surface area contributed by atoms with Crippen molar-refractivity contribution in [3.8, 4) is 17.6 Å². The lowest BCUT2D eigenvalue weighted by Crippen LogP contribution is -2.36. The van der Waals surface area contributed by atoms with Gasteiger partial charge in [-0.3, -0.25) is 4.79 Å². The first kappa shape index (κ1) is 14.9. The summed E-state index contributed by atoms with van der Waals surface area (Å²) < 4.78 is 10.5. The van der Waals surface area contributed by atoms with E-state index in [1.807, 2.05) is 32.0 Å². The van der Waals surface area contributed by atoms with Crippen LogP contribution in [-0.2, 0) is 4.79 Å². The van der Waals surface area contributed by atoms with Gasteiger partial charge in [0.1, 0.15) is 0 Å². The second-order valence-corrected chi connectivity index (χ2v) is 4.98. The topological polar surface area (TPSA) is 62.6 Å². The molecule has 0 N–H and O–H groups in total. The molecule has 21 heavy (non-hydrogen) atoms. The van der Waals surface area contributed by atoms with Crippen LogP contribution in [0, 0.1) is 11.3 Å². The maximum Gasteiger partial charge on any atom is 0.246 e. The van der Waals surface area contributed by atoms with Gasteiger partial charge in [-0.25, -0.2) is 0 Å². The van der Waals surface area contributed by atoms with Crippen LogP contribution in [0.2, 0.25) is 0 Å². The van der Waals surface area contributed by atoms with Crippen molar-refractivity contribution in [2.45, 2.75) is 26.3 Å². The molecule has 2 rings (SSSR count). The van der Waals surface area contributed by atoms with Gasteiger partial charge in [0.25, 0.3) is 0 Å². The number of hydrogen-bond donors (Lipinski definition) is 0. The van der Waals surface area contributed by atoms with Gasteiger partial charge in [0.15, 0.2) is 11.5 Å². The molecule has 1 amide bonds. The van der Waals surface area contributed by atoms with Crippen molar-refractivity contribution < 1.29 is 14.3 Å². The summed E-state index contributed by atoms with van der Waals surface area (Å²) in [5.74, 6) is 1.31. The van der Waals surface area contributed by atoms with Gasteiger partial charge in [0.05, 0.1) is 12.5 Å². The summed E-state index contributed by atoms with van der Waals surface area (Å²) in [4.78, 5) is 13.8. The van der Waals surface area contributed by atoms with Crippen molar-refractivity contribution in [1.82, 2.24) is 4.90 Å². The third-order valence-corrected chi connectivity index (χ3v) is 3.19. The van der Waals surface area contributed by atoms with Crippen LogP contribution in [0.15, 0.2) is 24.3 Å². The van der Waals surface area contributed by atoms with Crippen LogP contribution in [0.25, 0.3) is 6.08 Å². The summed E-state index contributed by atoms with van der Waals surface area (Å²) in [5.41, 5.74) is 0.872. The van der Waals surface area contributed by atoms with Gasteiger partial charge in [-0.05, 0) is 37.6 Å². The number of hydrogen-bond acceptors (Lipinski definition) is 4. The highest BCUT2D eigenvalue weighted by Gasteiger charge is 2.15. The molecule has 5 heteroatoms. The maximum absolute atomic E-state index is 12.2. The van der Waals surface area contributed by atoms with E-state index in [0.29, 0.717) is 18.7 Å². The summed E-state index contributed by atoms with van der Waals surface area (Å²) in [6.07, 6.45) is 3.60. The molecule has 0 aliphatic carbocycles. The van der Waals surface area contributed by atoms with Crippen molar-refractivity contribution in [2.75, 3.05) is 13.3 Å². The van der Waals surface area contributed by atoms with Crippen molar-refractivity contribution in [1.29, 1.82) is 5.26 Å². The summed E-state index contributed by atoms with van der Waals surface area (Å²) in [5, 5.41) is 8.64. The standard InChI is InChI=1S/C16H18N2O3/c1-12(2)18(9-3-8-17)16(19)7-5-13-4-6-14-15(10-13)21-11-20-14/h4-7,10,12H,3,9,11H2,1-2H3/b7-5-. The predicted molar refractivity (Wildman–Crippen MR) is 78.7 cm³/mol. The fraction of sp³-hybridized carbons (Fsp3) is 0.375. The molecule has 1 aromatic carbocycles. The molecule has 0 radical (unpaired) electrons. The fourth-order valence-electron chi connectivity index (χ4n) is 2.07. The van der Waals surface area contributed by atoms with E-state index in [1.54, 1.807) is 11.0 Å². The van der Waals surface area contributed by atoms with Gasteiger partial charge < -0.3 is 14.4 Å². The van der Waals surface area contributed by atoms with Gasteiger partial charge in [0, 0.05) is 18.7 Å². The second-order valence-electron chi connectivity index (χ2n) is 4.98. The number of amides is 1. The minimum atomic E-state index is -0.0992. The number of ether oxygens (including phenoxy) is 2. The molecule has 1 aromatic rings. The average molecular weight is 286 g/mol. The smallest absolute Gasteiger partial charge is 0.246 e. The zero-order chi connectivity index (χ0) is 15.2. The predicted octanol–water partition coefficient (Wildman–Crippen LogP) is 2.58. The molecule has 0 unspecified atom stereocenters. The molecule has 0 saturated carbocycles. The minimum absolute atomic E-state index is 0.0623. The van der Waals surface area contributed by atoms with Crippen LogP contribution in [0.3, 0.4) is 0 Å². The largest absolute Gasteiger partial charge is 0.454 e. The van der Waals surface area contributed by atoms with Crippen LogP contribution in [0.1, 0.15) is 25.8 Å². The Balaban J connectivity index is 2.05. The number of carbonyl (C=O) groups is 1. The molecule has 0 aromatic heterocycles. The SMILES string of the molecule is CC(C)N(CCC#N)C(=O)/C=C\c1ccc2c(c1)OCO2. The van der Waals surface area contributed by atoms with Crippen LogP contribution in [0.4, 0.5) is 0 Å². The lowest BCUT2D eigenvalue weighted by atomic mass is 10.2. The highest BCUT2D eigenvalue weighted by molar-refractivity contribution is 5.92. The third kappa shape index (κ3) is 3.76. The highest BCUT2D eigenvalue weighted by atomic mass is 16.7. The minimum Gasteiger partial charge on any atom is -0.454 e. The van der Waals surface area contributed by atoms with Crippen LogP contribution in [-0.4, -0.2) is 30.2 Å². The summed E-state index contributed by atoms with van der Waals surface area (Å²) in [6.45, 7) is 4.54. The summed E-state index contributed by atoms with van der Waals surface area (Å²) in [6, 6.07) is 7.65. The van der Waals surface area contributed by atoms with Crippen molar-refractivity contribution in [2.24, 2.45) is 0 Å². The lowest BCUT2D eigenvalue weighted by Gasteiger charge is -2.24. The van der Waals surface area contributed by atoms with E-state index in [4.69, 9.17) is 14.7 Å². The molecule has 0 saturated heterocycles. The first-order valence-electron chi connectivity index (χ1n) is 6.87. The Morgan fingerprint density at radius 2 is 2.19 bits per heavy atom. The van der Waals surface area contributed by atoms with Crippen LogP contribution in [0.5, 0.6) is 11.5 Å². The van der Waals surface area contributed by atoms with Gasteiger partial charge in [-0.2, -0.15) is 5.26 Å². The first-order valence-corrected chi connectivity index (χ1v) is 6.87. The molecule has 5 nitrogen and oxygen atoms in total. The molecular formula is C16H18N2O3. The molecule has 0 atom stereocenters. The van der Waals surface area contributed by atoms with Crippen molar-refractivity contribution in [3.63, 3.8) is 0 Å². The number of benzene rings is 1. The Morgan fingerprint density at radius 3 is 2.90 bits per heavy atom. The zero-order valence-corrected chi connectivity index (χ0v) is 12.2. The van der Waals surface area contributed by atoms with Gasteiger partial charge in [0.2, 0.25) is 12.7 Å². The molecule has 110 valence electrons. The monoisotopic (exact) mass is 286 g/mol. The van der Waals surface area contributed by atoms with E-state index in [1.165, 1.54) is 6.08 Å². The van der Waals surface area contributed by atoms with E-state index in [9.17, 15) is 4.79 Å². The quantitative estimate of drug-likeness (QED) is 0.780. The molecule has 0 bridgehead atoms. The van der Waals surface area contributed by atoms with Gasteiger partial charge >= 0.3 is 0 Å². The lowest BCUT2D eigenvalue weighted by molar-refractivity contribution is -0.127. The Hall–Kier alpha value is -2.48. The molecule has 1 aliphatic heterocycles. The number of nitriles is 1. The fourth-order valence-corrected chi connectivity index (χ4v) is 2.07. The summed E-state index contributed by atoms with van der Waals surface area (Å²) in [7, 11) is 0. The highest BCUT2D eigenvalue weighted by Crippen LogP contribution is 2.32. The average Bonchev–Trinajstić information content (AvgIpc) is 2.92. The van der Waals surface area contributed by atoms with E-state index in [-0.39, 0.29) is 18.7 Å². The maximum atomic E-state index is 12.2. The first-order chi connectivity index (χ1) is 10.1. The van der Waals surface area contributed by atoms with Crippen LogP contribution < -0.4 is 9.47 Å². The molecular weight excluding hydrogens is 268 g/mol. The number of fused-ring (bicyclic) bond motifs is 1. The van der Waals surface area contributed by atoms with E-state index >= 15 is 0 Å². The zero-order valence-electron chi connectivity index (χ0n) is 12.2. The molecule has 0 spiro atoms. The second kappa shape index (κ2) is 6.80. The normalized spacial score (nSPS) is 12.7. The van der Waals surface area contributed by atoms with Gasteiger partial charge in [-0.1, -0.05) is 6.07 Å².